The molecule has 1 atom stereocenters. The van der Waals surface area contributed by atoms with Crippen molar-refractivity contribution >= 4 is 34.8 Å². The van der Waals surface area contributed by atoms with Crippen LogP contribution in [0.3, 0.4) is 0 Å². The third-order valence-electron chi connectivity index (χ3n) is 4.27. The van der Waals surface area contributed by atoms with Gasteiger partial charge < -0.3 is 21.1 Å². The maximum Gasteiger partial charge on any atom is 0.251 e. The van der Waals surface area contributed by atoms with Crippen LogP contribution in [0.4, 0.5) is 11.4 Å². The predicted octanol–water partition coefficient (Wildman–Crippen LogP) is 4.24. The monoisotopic (exact) mass is 409 g/mol. The highest BCUT2D eigenvalue weighted by Gasteiger charge is 2.21. The number of nitrogens with two attached hydrogens (primary N) is 1. The summed E-state index contributed by atoms with van der Waals surface area (Å²) < 4.78 is 5.14. The number of amides is 2. The van der Waals surface area contributed by atoms with Gasteiger partial charge in [0.25, 0.3) is 5.91 Å². The molecule has 1 unspecified atom stereocenters. The Morgan fingerprint density at radius 3 is 2.38 bits per heavy atom. The summed E-state index contributed by atoms with van der Waals surface area (Å²) in [6.07, 6.45) is 0. The highest BCUT2D eigenvalue weighted by Crippen LogP contribution is 2.28. The minimum Gasteiger partial charge on any atom is -0.495 e. The van der Waals surface area contributed by atoms with Crippen molar-refractivity contribution < 1.29 is 14.3 Å². The van der Waals surface area contributed by atoms with E-state index in [1.165, 1.54) is 7.11 Å². The number of primary amides is 1. The van der Waals surface area contributed by atoms with Gasteiger partial charge in [-0.3, -0.25) is 9.59 Å². The van der Waals surface area contributed by atoms with Gasteiger partial charge in [-0.15, -0.1) is 0 Å². The van der Waals surface area contributed by atoms with Crippen LogP contribution in [0.2, 0.25) is 5.02 Å². The Bertz CT molecular complexity index is 1020. The Labute approximate surface area is 173 Å². The molecule has 29 heavy (non-hydrogen) atoms. The second-order valence-electron chi connectivity index (χ2n) is 6.27. The lowest BCUT2D eigenvalue weighted by Crippen LogP contribution is -2.27. The fourth-order valence-corrected chi connectivity index (χ4v) is 3.09. The van der Waals surface area contributed by atoms with Crippen molar-refractivity contribution in [2.24, 2.45) is 5.73 Å². The quantitative estimate of drug-likeness (QED) is 0.544. The number of carbonyl (C=O) groups is 2. The number of methoxy groups -OCH3 is 1. The average molecular weight is 410 g/mol. The highest BCUT2D eigenvalue weighted by molar-refractivity contribution is 6.32. The summed E-state index contributed by atoms with van der Waals surface area (Å²) in [7, 11) is 1.52. The third kappa shape index (κ3) is 5.06. The molecule has 0 radical (unpaired) electrons. The topological polar surface area (TPSA) is 93.4 Å². The summed E-state index contributed by atoms with van der Waals surface area (Å²) >= 11 is 6.15. The molecule has 0 saturated heterocycles. The largest absolute Gasteiger partial charge is 0.495 e. The Kier molecular flexibility index (Phi) is 6.36. The molecule has 3 rings (SSSR count). The van der Waals surface area contributed by atoms with Crippen LogP contribution in [0.1, 0.15) is 22.0 Å². The number of anilines is 2. The van der Waals surface area contributed by atoms with Gasteiger partial charge in [-0.25, -0.2) is 0 Å². The van der Waals surface area contributed by atoms with Crippen LogP contribution in [-0.2, 0) is 4.79 Å². The van der Waals surface area contributed by atoms with Crippen LogP contribution < -0.4 is 21.1 Å². The molecule has 7 heteroatoms. The van der Waals surface area contributed by atoms with Crippen LogP contribution in [-0.4, -0.2) is 18.9 Å². The number of benzene rings is 3. The van der Waals surface area contributed by atoms with Crippen molar-refractivity contribution in [3.63, 3.8) is 0 Å². The molecule has 148 valence electrons. The second-order valence-corrected chi connectivity index (χ2v) is 6.68. The maximum absolute atomic E-state index is 13.1. The zero-order valence-electron chi connectivity index (χ0n) is 15.7. The van der Waals surface area contributed by atoms with Crippen molar-refractivity contribution in [3.8, 4) is 5.75 Å². The number of hydrogen-bond donors (Lipinski definition) is 3. The van der Waals surface area contributed by atoms with Crippen molar-refractivity contribution in [1.82, 2.24) is 0 Å². The maximum atomic E-state index is 13.1. The van der Waals surface area contributed by atoms with E-state index in [-0.39, 0.29) is 5.91 Å². The molecule has 2 amide bonds. The molecule has 0 aromatic heterocycles. The Hall–Kier alpha value is -3.51. The summed E-state index contributed by atoms with van der Waals surface area (Å²) in [5, 5.41) is 6.42. The van der Waals surface area contributed by atoms with Crippen molar-refractivity contribution in [3.05, 3.63) is 88.9 Å². The second kappa shape index (κ2) is 9.12. The number of ether oxygens (including phenoxy) is 1. The Balaban J connectivity index is 1.87. The van der Waals surface area contributed by atoms with Crippen molar-refractivity contribution in [2.45, 2.75) is 6.04 Å². The average Bonchev–Trinajstić information content (AvgIpc) is 2.73. The van der Waals surface area contributed by atoms with E-state index >= 15 is 0 Å². The number of nitrogens with one attached hydrogen (secondary N) is 2. The molecule has 3 aromatic rings. The summed E-state index contributed by atoms with van der Waals surface area (Å²) in [5.41, 5.74) is 7.60. The Morgan fingerprint density at radius 1 is 0.966 bits per heavy atom. The summed E-state index contributed by atoms with van der Waals surface area (Å²) in [4.78, 5) is 24.5. The lowest BCUT2D eigenvalue weighted by molar-refractivity contribution is -0.117. The van der Waals surface area contributed by atoms with Gasteiger partial charge in [0.2, 0.25) is 5.91 Å². The van der Waals surface area contributed by atoms with E-state index in [2.05, 4.69) is 10.6 Å². The summed E-state index contributed by atoms with van der Waals surface area (Å²) in [6, 6.07) is 20.2. The minimum absolute atomic E-state index is 0.290. The van der Waals surface area contributed by atoms with E-state index in [9.17, 15) is 9.59 Å². The molecule has 0 aliphatic rings. The van der Waals surface area contributed by atoms with Crippen LogP contribution in [0.5, 0.6) is 5.75 Å². The van der Waals surface area contributed by atoms with Gasteiger partial charge in [-0.1, -0.05) is 48.0 Å². The van der Waals surface area contributed by atoms with E-state index in [1.807, 2.05) is 30.3 Å². The standard InChI is InChI=1S/C22H20ClN3O3/c1-29-19-11-10-17(13-18(19)23)26-22(28)20(14-6-3-2-4-7-14)25-16-9-5-8-15(12-16)21(24)27/h2-13,20,25H,1H3,(H2,24,27)(H,26,28). The first-order chi connectivity index (χ1) is 14.0. The van der Waals surface area contributed by atoms with Crippen molar-refractivity contribution in [1.29, 1.82) is 0 Å². The SMILES string of the molecule is COc1ccc(NC(=O)C(Nc2cccc(C(N)=O)c2)c2ccccc2)cc1Cl. The fourth-order valence-electron chi connectivity index (χ4n) is 2.83. The number of halogens is 1. The zero-order chi connectivity index (χ0) is 20.8. The zero-order valence-corrected chi connectivity index (χ0v) is 16.4. The lowest BCUT2D eigenvalue weighted by Gasteiger charge is -2.20. The van der Waals surface area contributed by atoms with Gasteiger partial charge in [0, 0.05) is 16.9 Å². The summed E-state index contributed by atoms with van der Waals surface area (Å²) in [5.74, 6) is -0.310. The first-order valence-electron chi connectivity index (χ1n) is 8.83. The molecular formula is C22H20ClN3O3. The molecule has 0 spiro atoms. The molecule has 0 saturated carbocycles. The number of hydrogen-bond acceptors (Lipinski definition) is 4. The van der Waals surface area contributed by atoms with E-state index in [0.29, 0.717) is 27.7 Å². The molecular weight excluding hydrogens is 390 g/mol. The molecule has 0 fully saturated rings. The van der Waals surface area contributed by atoms with Gasteiger partial charge in [0.05, 0.1) is 12.1 Å². The lowest BCUT2D eigenvalue weighted by atomic mass is 10.0. The molecule has 0 aliphatic heterocycles. The van der Waals surface area contributed by atoms with Crippen LogP contribution >= 0.6 is 11.6 Å². The molecule has 3 aromatic carbocycles. The first kappa shape index (κ1) is 20.2. The third-order valence-corrected chi connectivity index (χ3v) is 4.57. The smallest absolute Gasteiger partial charge is 0.251 e. The Morgan fingerprint density at radius 2 is 1.72 bits per heavy atom. The van der Waals surface area contributed by atoms with Gasteiger partial charge in [0.1, 0.15) is 11.8 Å². The molecule has 0 heterocycles. The first-order valence-corrected chi connectivity index (χ1v) is 9.21. The predicted molar refractivity (Wildman–Crippen MR) is 114 cm³/mol. The number of carbonyl (C=O) groups excluding carboxylic acids is 2. The van der Waals surface area contributed by atoms with E-state index in [1.54, 1.807) is 42.5 Å². The van der Waals surface area contributed by atoms with Crippen LogP contribution in [0, 0.1) is 0 Å². The normalized spacial score (nSPS) is 11.4. The minimum atomic E-state index is -0.708. The van der Waals surface area contributed by atoms with Crippen LogP contribution in [0.25, 0.3) is 0 Å². The van der Waals surface area contributed by atoms with Gasteiger partial charge in [0.15, 0.2) is 0 Å². The van der Waals surface area contributed by atoms with E-state index in [0.717, 1.165) is 5.56 Å². The molecule has 6 nitrogen and oxygen atoms in total. The molecule has 4 N–H and O–H groups in total. The van der Waals surface area contributed by atoms with E-state index < -0.39 is 11.9 Å². The number of rotatable bonds is 7. The highest BCUT2D eigenvalue weighted by atomic mass is 35.5. The van der Waals surface area contributed by atoms with E-state index in [4.69, 9.17) is 22.1 Å². The molecule has 0 bridgehead atoms. The summed E-state index contributed by atoms with van der Waals surface area (Å²) in [6.45, 7) is 0. The van der Waals surface area contributed by atoms with Gasteiger partial charge in [-0.05, 0) is 42.0 Å². The van der Waals surface area contributed by atoms with Crippen LogP contribution in [0.15, 0.2) is 72.8 Å². The molecule has 0 aliphatic carbocycles. The van der Waals surface area contributed by atoms with Crippen molar-refractivity contribution in [2.75, 3.05) is 17.7 Å². The fraction of sp³-hybridized carbons (Fsp3) is 0.0909. The van der Waals surface area contributed by atoms with Gasteiger partial charge in [-0.2, -0.15) is 0 Å². The van der Waals surface area contributed by atoms with Gasteiger partial charge >= 0.3 is 0 Å².